The lowest BCUT2D eigenvalue weighted by Crippen LogP contribution is -1.89. The zero-order valence-corrected chi connectivity index (χ0v) is 7.21. The van der Waals surface area contributed by atoms with Crippen LogP contribution in [0.2, 0.25) is 0 Å². The molecule has 1 rings (SSSR count). The molecule has 54 valence electrons. The molecular weight excluding hydrogens is 144 g/mol. The molecule has 0 aliphatic carbocycles. The van der Waals surface area contributed by atoms with E-state index in [-0.39, 0.29) is 5.78 Å². The molecule has 1 nitrogen and oxygen atoms in total. The normalized spacial score (nSPS) is 9.90. The molecule has 1 aromatic rings. The minimum Gasteiger partial charge on any atom is -0.294 e. The van der Waals surface area contributed by atoms with E-state index >= 15 is 0 Å². The number of ketones is 1. The summed E-state index contributed by atoms with van der Waals surface area (Å²) in [6.07, 6.45) is 0. The number of carbonyl (C=O) groups is 1. The van der Waals surface area contributed by atoms with Crippen LogP contribution in [0, 0.1) is 13.8 Å². The first-order valence-electron chi connectivity index (χ1n) is 3.19. The number of carbonyl (C=O) groups excluding carboxylic acids is 1. The Bertz CT molecular complexity index is 260. The number of rotatable bonds is 1. The maximum Gasteiger partial charge on any atom is 0.160 e. The van der Waals surface area contributed by atoms with Crippen molar-refractivity contribution in [3.05, 3.63) is 21.4 Å². The van der Waals surface area contributed by atoms with Crippen molar-refractivity contribution in [2.24, 2.45) is 0 Å². The lowest BCUT2D eigenvalue weighted by molar-refractivity contribution is 0.101. The second-order valence-electron chi connectivity index (χ2n) is 2.38. The smallest absolute Gasteiger partial charge is 0.160 e. The minimum atomic E-state index is 0.168. The summed E-state index contributed by atoms with van der Waals surface area (Å²) in [5.74, 6) is 0.168. The van der Waals surface area contributed by atoms with E-state index in [1.807, 2.05) is 19.9 Å². The van der Waals surface area contributed by atoms with Crippen molar-refractivity contribution in [1.82, 2.24) is 0 Å². The fraction of sp³-hybridized carbons (Fsp3) is 0.375. The Morgan fingerprint density at radius 1 is 1.50 bits per heavy atom. The molecule has 0 aliphatic rings. The van der Waals surface area contributed by atoms with Gasteiger partial charge in [-0.05, 0) is 26.8 Å². The van der Waals surface area contributed by atoms with Gasteiger partial charge in [-0.15, -0.1) is 11.3 Å². The van der Waals surface area contributed by atoms with Crippen LogP contribution < -0.4 is 0 Å². The van der Waals surface area contributed by atoms with Gasteiger partial charge in [0.05, 0.1) is 0 Å². The molecule has 1 heterocycles. The van der Waals surface area contributed by atoms with Crippen molar-refractivity contribution in [3.63, 3.8) is 0 Å². The number of aryl methyl sites for hydroxylation is 2. The topological polar surface area (TPSA) is 17.1 Å². The summed E-state index contributed by atoms with van der Waals surface area (Å²) in [4.78, 5) is 13.2. The van der Waals surface area contributed by atoms with Gasteiger partial charge in [0.25, 0.3) is 0 Å². The summed E-state index contributed by atoms with van der Waals surface area (Å²) in [5, 5.41) is 0. The summed E-state index contributed by atoms with van der Waals surface area (Å²) in [6.45, 7) is 5.60. The van der Waals surface area contributed by atoms with E-state index in [9.17, 15) is 4.79 Å². The van der Waals surface area contributed by atoms with Gasteiger partial charge in [0.2, 0.25) is 0 Å². The van der Waals surface area contributed by atoms with Gasteiger partial charge in [0.15, 0.2) is 5.78 Å². The van der Waals surface area contributed by atoms with E-state index in [1.165, 1.54) is 4.88 Å². The van der Waals surface area contributed by atoms with Gasteiger partial charge in [0.1, 0.15) is 0 Å². The maximum atomic E-state index is 10.9. The van der Waals surface area contributed by atoms with Crippen LogP contribution in [0.15, 0.2) is 6.07 Å². The van der Waals surface area contributed by atoms with Gasteiger partial charge in [-0.25, -0.2) is 0 Å². The summed E-state index contributed by atoms with van der Waals surface area (Å²) in [7, 11) is 0. The quantitative estimate of drug-likeness (QED) is 0.568. The van der Waals surface area contributed by atoms with Crippen LogP contribution in [0.4, 0.5) is 0 Å². The van der Waals surface area contributed by atoms with Crippen molar-refractivity contribution >= 4 is 17.1 Å². The zero-order chi connectivity index (χ0) is 7.72. The lowest BCUT2D eigenvalue weighted by Gasteiger charge is -1.87. The van der Waals surface area contributed by atoms with Gasteiger partial charge >= 0.3 is 0 Å². The molecule has 0 aliphatic heterocycles. The monoisotopic (exact) mass is 154 g/mol. The third-order valence-corrected chi connectivity index (χ3v) is 2.39. The molecule has 0 bridgehead atoms. The molecule has 0 unspecified atom stereocenters. The van der Waals surface area contributed by atoms with E-state index < -0.39 is 0 Å². The highest BCUT2D eigenvalue weighted by Crippen LogP contribution is 2.20. The predicted molar refractivity (Wildman–Crippen MR) is 43.8 cm³/mol. The van der Waals surface area contributed by atoms with Crippen molar-refractivity contribution in [2.45, 2.75) is 20.8 Å². The molecule has 0 spiro atoms. The molecule has 0 N–H and O–H groups in total. The van der Waals surface area contributed by atoms with Crippen LogP contribution >= 0.6 is 11.3 Å². The van der Waals surface area contributed by atoms with E-state index in [2.05, 4.69) is 0 Å². The van der Waals surface area contributed by atoms with Crippen molar-refractivity contribution in [1.29, 1.82) is 0 Å². The fourth-order valence-electron chi connectivity index (χ4n) is 0.980. The fourth-order valence-corrected chi connectivity index (χ4v) is 1.95. The Morgan fingerprint density at radius 3 is 2.30 bits per heavy atom. The SMILES string of the molecule is CC(=O)c1cc(C)sc1C. The van der Waals surface area contributed by atoms with E-state index in [1.54, 1.807) is 18.3 Å². The largest absolute Gasteiger partial charge is 0.294 e. The van der Waals surface area contributed by atoms with Gasteiger partial charge < -0.3 is 0 Å². The first-order chi connectivity index (χ1) is 4.61. The standard InChI is InChI=1S/C8H10OS/c1-5-4-8(6(2)9)7(3)10-5/h4H,1-3H3. The van der Waals surface area contributed by atoms with E-state index in [0.717, 1.165) is 10.4 Å². The predicted octanol–water partition coefficient (Wildman–Crippen LogP) is 2.57. The minimum absolute atomic E-state index is 0.168. The van der Waals surface area contributed by atoms with Gasteiger partial charge in [0, 0.05) is 15.3 Å². The Labute approximate surface area is 64.7 Å². The van der Waals surface area contributed by atoms with Crippen molar-refractivity contribution in [3.8, 4) is 0 Å². The zero-order valence-electron chi connectivity index (χ0n) is 6.39. The van der Waals surface area contributed by atoms with Gasteiger partial charge in [-0.2, -0.15) is 0 Å². The molecule has 0 atom stereocenters. The maximum absolute atomic E-state index is 10.9. The van der Waals surface area contributed by atoms with E-state index in [4.69, 9.17) is 0 Å². The summed E-state index contributed by atoms with van der Waals surface area (Å²) < 4.78 is 0. The highest BCUT2D eigenvalue weighted by Gasteiger charge is 2.05. The van der Waals surface area contributed by atoms with E-state index in [0.29, 0.717) is 0 Å². The second-order valence-corrected chi connectivity index (χ2v) is 3.84. The van der Waals surface area contributed by atoms with Crippen LogP contribution in [-0.4, -0.2) is 5.78 Å². The third-order valence-electron chi connectivity index (χ3n) is 1.42. The molecule has 0 saturated carbocycles. The molecule has 10 heavy (non-hydrogen) atoms. The van der Waals surface area contributed by atoms with Crippen LogP contribution in [0.25, 0.3) is 0 Å². The summed E-state index contributed by atoms with van der Waals surface area (Å²) in [6, 6.07) is 1.95. The average Bonchev–Trinajstić information content (AvgIpc) is 2.10. The first-order valence-corrected chi connectivity index (χ1v) is 4.01. The Balaban J connectivity index is 3.15. The third kappa shape index (κ3) is 1.27. The average molecular weight is 154 g/mol. The molecular formula is C8H10OS. The number of thiophene rings is 1. The van der Waals surface area contributed by atoms with Crippen LogP contribution in [0.5, 0.6) is 0 Å². The molecule has 0 amide bonds. The molecule has 0 saturated heterocycles. The summed E-state index contributed by atoms with van der Waals surface area (Å²) in [5.41, 5.74) is 0.877. The molecule has 1 aromatic heterocycles. The van der Waals surface area contributed by atoms with Crippen molar-refractivity contribution in [2.75, 3.05) is 0 Å². The van der Waals surface area contributed by atoms with Crippen LogP contribution in [-0.2, 0) is 0 Å². The highest BCUT2D eigenvalue weighted by atomic mass is 32.1. The van der Waals surface area contributed by atoms with Crippen molar-refractivity contribution < 1.29 is 4.79 Å². The molecule has 0 aromatic carbocycles. The molecule has 0 radical (unpaired) electrons. The molecule has 2 heteroatoms. The molecule has 0 fully saturated rings. The number of hydrogen-bond donors (Lipinski definition) is 0. The Kier molecular flexibility index (Phi) is 1.90. The lowest BCUT2D eigenvalue weighted by atomic mass is 10.2. The second kappa shape index (κ2) is 2.54. The van der Waals surface area contributed by atoms with Crippen LogP contribution in [0.3, 0.4) is 0 Å². The number of Topliss-reactive ketones (excluding diaryl/α,β-unsaturated/α-hetero) is 1. The van der Waals surface area contributed by atoms with Gasteiger partial charge in [-0.3, -0.25) is 4.79 Å². The highest BCUT2D eigenvalue weighted by molar-refractivity contribution is 7.12. The first kappa shape index (κ1) is 7.48. The number of hydrogen-bond acceptors (Lipinski definition) is 2. The summed E-state index contributed by atoms with van der Waals surface area (Å²) >= 11 is 1.68. The van der Waals surface area contributed by atoms with Gasteiger partial charge in [-0.1, -0.05) is 0 Å². The Morgan fingerprint density at radius 2 is 2.10 bits per heavy atom. The Hall–Kier alpha value is -0.630. The van der Waals surface area contributed by atoms with Crippen LogP contribution in [0.1, 0.15) is 27.0 Å².